The summed E-state index contributed by atoms with van der Waals surface area (Å²) >= 11 is 0. The maximum Gasteiger partial charge on any atom is 0.315 e. The number of carbonyl (C=O) groups excluding carboxylic acids is 5. The highest BCUT2D eigenvalue weighted by Gasteiger charge is 2.69. The summed E-state index contributed by atoms with van der Waals surface area (Å²) in [6, 6.07) is -4.13. The molecule has 1 heterocycles. The van der Waals surface area contributed by atoms with E-state index < -0.39 is 68.3 Å². The van der Waals surface area contributed by atoms with Crippen molar-refractivity contribution >= 4 is 39.4 Å². The quantitative estimate of drug-likeness (QED) is 0.211. The Balaban J connectivity index is 1.55. The molecule has 12 nitrogen and oxygen atoms in total. The Morgan fingerprint density at radius 1 is 0.857 bits per heavy atom. The molecule has 1 aliphatic heterocycles. The van der Waals surface area contributed by atoms with Gasteiger partial charge < -0.3 is 26.6 Å². The lowest BCUT2D eigenvalue weighted by atomic mass is 9.80. The van der Waals surface area contributed by atoms with Crippen LogP contribution in [0.15, 0.2) is 0 Å². The number of urea groups is 1. The van der Waals surface area contributed by atoms with Crippen LogP contribution in [-0.4, -0.2) is 84.1 Å². The van der Waals surface area contributed by atoms with Gasteiger partial charge in [0, 0.05) is 12.6 Å². The fourth-order valence-electron chi connectivity index (χ4n) is 8.23. The molecule has 278 valence electrons. The zero-order valence-corrected chi connectivity index (χ0v) is 31.7. The Hall–Kier alpha value is -2.70. The number of carbonyl (C=O) groups is 5. The molecule has 13 heteroatoms. The molecule has 3 saturated carbocycles. The first kappa shape index (κ1) is 39.1. The minimum atomic E-state index is -3.55. The van der Waals surface area contributed by atoms with Gasteiger partial charge in [-0.2, -0.15) is 0 Å². The molecule has 4 fully saturated rings. The van der Waals surface area contributed by atoms with Crippen molar-refractivity contribution in [2.45, 2.75) is 149 Å². The summed E-state index contributed by atoms with van der Waals surface area (Å²) in [6.45, 7) is 15.3. The summed E-state index contributed by atoms with van der Waals surface area (Å²) in [5.74, 6) is -2.89. The van der Waals surface area contributed by atoms with Crippen molar-refractivity contribution in [1.29, 1.82) is 0 Å². The average Bonchev–Trinajstić information content (AvgIpc) is 3.27. The van der Waals surface area contributed by atoms with Gasteiger partial charge in [0.1, 0.15) is 12.1 Å². The number of nitrogens with zero attached hydrogens (tertiary/aromatic N) is 1. The maximum absolute atomic E-state index is 14.4. The van der Waals surface area contributed by atoms with E-state index >= 15 is 0 Å². The molecule has 1 saturated heterocycles. The molecule has 0 aromatic carbocycles. The average molecular weight is 708 g/mol. The fourth-order valence-corrected chi connectivity index (χ4v) is 9.56. The summed E-state index contributed by atoms with van der Waals surface area (Å²) in [4.78, 5) is 68.3. The van der Waals surface area contributed by atoms with Crippen LogP contribution in [0, 0.1) is 34.5 Å². The summed E-state index contributed by atoms with van der Waals surface area (Å²) in [5.41, 5.74) is 4.77. The minimum absolute atomic E-state index is 0.00499. The number of Topliss-reactive ketones (excluding diaryl/α,β-unsaturated/α-hetero) is 1. The largest absolute Gasteiger partial charge is 0.363 e. The molecule has 5 N–H and O–H groups in total. The van der Waals surface area contributed by atoms with Crippen LogP contribution in [0.2, 0.25) is 0 Å². The van der Waals surface area contributed by atoms with Crippen LogP contribution in [0.4, 0.5) is 4.79 Å². The molecular weight excluding hydrogens is 646 g/mol. The Labute approximate surface area is 293 Å². The third-order valence-corrected chi connectivity index (χ3v) is 14.4. The van der Waals surface area contributed by atoms with Gasteiger partial charge in [0.15, 0.2) is 9.84 Å². The topological polar surface area (TPSA) is 185 Å². The summed E-state index contributed by atoms with van der Waals surface area (Å²) in [6.07, 6.45) is 8.11. The standard InChI is InChI=1S/C36H61N5O7S/c1-34(2,3)18-25(39-33(46)40-26(22-15-10-9-11-16-22)20-49(47,48)35(4,5)6)32(45)41-19-23-27(36(23,7)8)28(41)31(44)38-24(29(42)30(37)43)17-21-13-12-14-21/h21-28H,9-20H2,1-8H3,(H2,37,43)(H,38,44)(H2,39,40,46)/t23?,24?,25?,26-,27?,28?/m1/s1. The number of sulfone groups is 1. The van der Waals surface area contributed by atoms with Crippen LogP contribution in [0.5, 0.6) is 0 Å². The van der Waals surface area contributed by atoms with Crippen LogP contribution < -0.4 is 21.7 Å². The summed E-state index contributed by atoms with van der Waals surface area (Å²) in [5, 5.41) is 8.65. The molecule has 0 radical (unpaired) electrons. The fraction of sp³-hybridized carbons (Fsp3) is 0.861. The molecular formula is C36H61N5O7S. The van der Waals surface area contributed by atoms with Crippen molar-refractivity contribution in [3.8, 4) is 0 Å². The van der Waals surface area contributed by atoms with E-state index in [-0.39, 0.29) is 46.7 Å². The number of rotatable bonds is 13. The zero-order valence-electron chi connectivity index (χ0n) is 30.9. The van der Waals surface area contributed by atoms with Crippen molar-refractivity contribution in [2.75, 3.05) is 12.3 Å². The minimum Gasteiger partial charge on any atom is -0.363 e. The van der Waals surface area contributed by atoms with Gasteiger partial charge in [-0.05, 0) is 81.0 Å². The van der Waals surface area contributed by atoms with Crippen molar-refractivity contribution in [3.05, 3.63) is 0 Å². The van der Waals surface area contributed by atoms with Gasteiger partial charge >= 0.3 is 6.03 Å². The smallest absolute Gasteiger partial charge is 0.315 e. The molecule has 0 aromatic heterocycles. The molecule has 0 spiro atoms. The van der Waals surface area contributed by atoms with E-state index in [4.69, 9.17) is 5.73 Å². The normalized spacial score (nSPS) is 26.0. The van der Waals surface area contributed by atoms with Crippen molar-refractivity contribution < 1.29 is 32.4 Å². The molecule has 3 aliphatic carbocycles. The van der Waals surface area contributed by atoms with E-state index in [0.29, 0.717) is 13.0 Å². The van der Waals surface area contributed by atoms with E-state index in [9.17, 15) is 32.4 Å². The SMILES string of the molecule is CC(C)(C)CC(NC(=O)N[C@H](CS(=O)(=O)C(C)(C)C)C1CCCCC1)C(=O)N1CC2C(C1C(=O)NC(CC1CCC1)C(=O)C(N)=O)C2(C)C. The van der Waals surface area contributed by atoms with E-state index in [1.165, 1.54) is 4.90 Å². The number of primary amides is 1. The first-order valence-corrected chi connectivity index (χ1v) is 19.9. The number of hydrogen-bond acceptors (Lipinski definition) is 7. The highest BCUT2D eigenvalue weighted by molar-refractivity contribution is 7.92. The second kappa shape index (κ2) is 14.5. The molecule has 0 bridgehead atoms. The van der Waals surface area contributed by atoms with Gasteiger partial charge in [-0.1, -0.05) is 73.1 Å². The van der Waals surface area contributed by atoms with E-state index in [0.717, 1.165) is 51.4 Å². The molecule has 6 atom stereocenters. The predicted molar refractivity (Wildman–Crippen MR) is 188 cm³/mol. The van der Waals surface area contributed by atoms with Crippen molar-refractivity contribution in [2.24, 2.45) is 40.2 Å². The number of likely N-dealkylation sites (tertiary alicyclic amines) is 1. The number of amides is 5. The van der Waals surface area contributed by atoms with Crippen molar-refractivity contribution in [1.82, 2.24) is 20.9 Å². The Morgan fingerprint density at radius 2 is 1.47 bits per heavy atom. The lowest BCUT2D eigenvalue weighted by Gasteiger charge is -2.36. The number of piperidine rings is 1. The van der Waals surface area contributed by atoms with Gasteiger partial charge in [0.05, 0.1) is 16.5 Å². The Morgan fingerprint density at radius 3 is 1.98 bits per heavy atom. The second-order valence-electron chi connectivity index (χ2n) is 18.0. The zero-order chi connectivity index (χ0) is 36.7. The molecule has 4 aliphatic rings. The number of ketones is 1. The van der Waals surface area contributed by atoms with Crippen LogP contribution in [-0.2, 0) is 29.0 Å². The van der Waals surface area contributed by atoms with E-state index in [1.54, 1.807) is 20.8 Å². The predicted octanol–water partition coefficient (Wildman–Crippen LogP) is 3.47. The highest BCUT2D eigenvalue weighted by Crippen LogP contribution is 2.65. The first-order chi connectivity index (χ1) is 22.5. The number of hydrogen-bond donors (Lipinski definition) is 4. The van der Waals surface area contributed by atoms with Crippen LogP contribution >= 0.6 is 0 Å². The van der Waals surface area contributed by atoms with Gasteiger partial charge in [0.2, 0.25) is 17.6 Å². The third kappa shape index (κ3) is 9.16. The maximum atomic E-state index is 14.4. The number of nitrogens with two attached hydrogens (primary N) is 1. The molecule has 5 amide bonds. The molecule has 4 rings (SSSR count). The van der Waals surface area contributed by atoms with Crippen LogP contribution in [0.3, 0.4) is 0 Å². The Kier molecular flexibility index (Phi) is 11.6. The van der Waals surface area contributed by atoms with E-state index in [2.05, 4.69) is 29.8 Å². The monoisotopic (exact) mass is 707 g/mol. The number of nitrogens with one attached hydrogen (secondary N) is 3. The summed E-state index contributed by atoms with van der Waals surface area (Å²) < 4.78 is 25.6. The third-order valence-electron chi connectivity index (χ3n) is 11.7. The second-order valence-corrected chi connectivity index (χ2v) is 20.8. The molecule has 5 unspecified atom stereocenters. The lowest BCUT2D eigenvalue weighted by molar-refractivity contribution is -0.144. The van der Waals surface area contributed by atoms with Crippen molar-refractivity contribution in [3.63, 3.8) is 0 Å². The van der Waals surface area contributed by atoms with E-state index in [1.807, 2.05) is 20.8 Å². The summed E-state index contributed by atoms with van der Waals surface area (Å²) in [7, 11) is -3.55. The molecule has 49 heavy (non-hydrogen) atoms. The van der Waals surface area contributed by atoms with Gasteiger partial charge in [-0.3, -0.25) is 19.2 Å². The lowest BCUT2D eigenvalue weighted by Crippen LogP contribution is -2.60. The van der Waals surface area contributed by atoms with Gasteiger partial charge in [-0.15, -0.1) is 0 Å². The van der Waals surface area contributed by atoms with Gasteiger partial charge in [0.25, 0.3) is 5.91 Å². The van der Waals surface area contributed by atoms with Gasteiger partial charge in [-0.25, -0.2) is 13.2 Å². The number of fused-ring (bicyclic) bond motifs is 1. The van der Waals surface area contributed by atoms with Crippen LogP contribution in [0.1, 0.15) is 120 Å². The van der Waals surface area contributed by atoms with Crippen LogP contribution in [0.25, 0.3) is 0 Å². The molecule has 0 aromatic rings. The highest BCUT2D eigenvalue weighted by atomic mass is 32.2. The Bertz CT molecular complexity index is 1390. The first-order valence-electron chi connectivity index (χ1n) is 18.3.